The zero-order valence-electron chi connectivity index (χ0n) is 15.1. The molecule has 7 nitrogen and oxygen atoms in total. The second-order valence-electron chi connectivity index (χ2n) is 6.33. The van der Waals surface area contributed by atoms with Crippen molar-refractivity contribution in [2.75, 3.05) is 50.4 Å². The fraction of sp³-hybridized carbons (Fsp3) is 0.300. The van der Waals surface area contributed by atoms with Crippen LogP contribution in [-0.2, 0) is 4.74 Å². The summed E-state index contributed by atoms with van der Waals surface area (Å²) in [5.74, 6) is -0.413. The molecule has 3 rings (SSSR count). The lowest BCUT2D eigenvalue weighted by molar-refractivity contribution is 0.0383. The molecule has 1 aliphatic rings. The third kappa shape index (κ3) is 5.29. The number of hydrogen-bond donors (Lipinski definition) is 3. The van der Waals surface area contributed by atoms with Gasteiger partial charge in [0.05, 0.1) is 18.8 Å². The van der Waals surface area contributed by atoms with Crippen LogP contribution in [0.4, 0.5) is 11.4 Å². The number of morpholine rings is 1. The normalized spacial score (nSPS) is 14.5. The first kappa shape index (κ1) is 18.9. The van der Waals surface area contributed by atoms with Crippen LogP contribution in [0, 0.1) is 0 Å². The number of nitrogens with two attached hydrogens (primary N) is 1. The molecule has 27 heavy (non-hydrogen) atoms. The van der Waals surface area contributed by atoms with Gasteiger partial charge >= 0.3 is 0 Å². The maximum absolute atomic E-state index is 12.3. The number of carbonyl (C=O) groups is 2. The Morgan fingerprint density at radius 3 is 2.41 bits per heavy atom. The molecule has 4 N–H and O–H groups in total. The van der Waals surface area contributed by atoms with E-state index in [0.717, 1.165) is 32.8 Å². The number of nitrogens with one attached hydrogen (secondary N) is 2. The molecule has 0 aromatic heterocycles. The first-order valence-corrected chi connectivity index (χ1v) is 8.98. The third-order valence-corrected chi connectivity index (χ3v) is 4.43. The molecule has 2 aromatic rings. The van der Waals surface area contributed by atoms with E-state index in [1.54, 1.807) is 48.5 Å². The average molecular weight is 368 g/mol. The highest BCUT2D eigenvalue weighted by molar-refractivity contribution is 6.07. The van der Waals surface area contributed by atoms with Gasteiger partial charge in [0, 0.05) is 43.1 Å². The van der Waals surface area contributed by atoms with E-state index < -0.39 is 0 Å². The maximum atomic E-state index is 12.3. The van der Waals surface area contributed by atoms with E-state index in [1.807, 2.05) is 0 Å². The third-order valence-electron chi connectivity index (χ3n) is 4.43. The SMILES string of the molecule is Nc1ccccc1C(=O)Nc1ccc(C(=O)NCCN2CCOCC2)cc1. The molecule has 0 radical (unpaired) electrons. The molecule has 0 spiro atoms. The number of nitrogen functional groups attached to an aromatic ring is 1. The Balaban J connectivity index is 1.49. The molecule has 7 heteroatoms. The Morgan fingerprint density at radius 1 is 1.00 bits per heavy atom. The molecule has 142 valence electrons. The Bertz CT molecular complexity index is 786. The van der Waals surface area contributed by atoms with E-state index >= 15 is 0 Å². The van der Waals surface area contributed by atoms with E-state index in [9.17, 15) is 9.59 Å². The number of rotatable bonds is 6. The number of anilines is 2. The minimum atomic E-state index is -0.282. The molecule has 2 aromatic carbocycles. The van der Waals surface area contributed by atoms with Crippen molar-refractivity contribution in [1.82, 2.24) is 10.2 Å². The van der Waals surface area contributed by atoms with E-state index in [-0.39, 0.29) is 11.8 Å². The number of benzene rings is 2. The quantitative estimate of drug-likeness (QED) is 0.673. The van der Waals surface area contributed by atoms with Gasteiger partial charge in [0.25, 0.3) is 11.8 Å². The summed E-state index contributed by atoms with van der Waals surface area (Å²) in [5.41, 5.74) is 7.81. The zero-order valence-corrected chi connectivity index (χ0v) is 15.1. The number of para-hydroxylation sites is 1. The van der Waals surface area contributed by atoms with Gasteiger partial charge in [0.1, 0.15) is 0 Å². The van der Waals surface area contributed by atoms with Gasteiger partial charge in [-0.15, -0.1) is 0 Å². The van der Waals surface area contributed by atoms with Gasteiger partial charge in [0.15, 0.2) is 0 Å². The van der Waals surface area contributed by atoms with E-state index in [2.05, 4.69) is 15.5 Å². The second kappa shape index (κ2) is 9.16. The highest BCUT2D eigenvalue weighted by Crippen LogP contribution is 2.15. The van der Waals surface area contributed by atoms with Gasteiger partial charge < -0.3 is 21.1 Å². The second-order valence-corrected chi connectivity index (χ2v) is 6.33. The summed E-state index contributed by atoms with van der Waals surface area (Å²) < 4.78 is 5.30. The Morgan fingerprint density at radius 2 is 1.70 bits per heavy atom. The standard InChI is InChI=1S/C20H24N4O3/c21-18-4-2-1-3-17(18)20(26)23-16-7-5-15(6-8-16)19(25)22-9-10-24-11-13-27-14-12-24/h1-8H,9-14,21H2,(H,22,25)(H,23,26). The van der Waals surface area contributed by atoms with Crippen molar-refractivity contribution in [3.05, 3.63) is 59.7 Å². The Hall–Kier alpha value is -2.90. The van der Waals surface area contributed by atoms with E-state index in [0.29, 0.717) is 29.0 Å². The van der Waals surface area contributed by atoms with Gasteiger partial charge in [-0.2, -0.15) is 0 Å². The topological polar surface area (TPSA) is 96.7 Å². The molecule has 2 amide bonds. The Labute approximate surface area is 158 Å². The fourth-order valence-electron chi connectivity index (χ4n) is 2.86. The molecule has 0 aliphatic carbocycles. The van der Waals surface area contributed by atoms with Gasteiger partial charge in [-0.05, 0) is 36.4 Å². The van der Waals surface area contributed by atoms with Crippen molar-refractivity contribution in [2.45, 2.75) is 0 Å². The summed E-state index contributed by atoms with van der Waals surface area (Å²) in [5, 5.41) is 5.70. The van der Waals surface area contributed by atoms with Crippen LogP contribution in [0.25, 0.3) is 0 Å². The van der Waals surface area contributed by atoms with Crippen LogP contribution in [0.15, 0.2) is 48.5 Å². The zero-order chi connectivity index (χ0) is 19.1. The largest absolute Gasteiger partial charge is 0.398 e. The summed E-state index contributed by atoms with van der Waals surface area (Å²) >= 11 is 0. The highest BCUT2D eigenvalue weighted by Gasteiger charge is 2.12. The molecular formula is C20H24N4O3. The number of ether oxygens (including phenoxy) is 1. The lowest BCUT2D eigenvalue weighted by Crippen LogP contribution is -2.41. The number of carbonyl (C=O) groups excluding carboxylic acids is 2. The summed E-state index contributed by atoms with van der Waals surface area (Å²) in [6, 6.07) is 13.7. The maximum Gasteiger partial charge on any atom is 0.257 e. The van der Waals surface area contributed by atoms with Crippen LogP contribution in [-0.4, -0.2) is 56.1 Å². The van der Waals surface area contributed by atoms with Crippen molar-refractivity contribution >= 4 is 23.2 Å². The van der Waals surface area contributed by atoms with Crippen molar-refractivity contribution < 1.29 is 14.3 Å². The summed E-state index contributed by atoms with van der Waals surface area (Å²) in [6.07, 6.45) is 0. The van der Waals surface area contributed by atoms with Crippen LogP contribution in [0.5, 0.6) is 0 Å². The van der Waals surface area contributed by atoms with Gasteiger partial charge in [-0.25, -0.2) is 0 Å². The minimum absolute atomic E-state index is 0.131. The summed E-state index contributed by atoms with van der Waals surface area (Å²) in [4.78, 5) is 26.8. The Kier molecular flexibility index (Phi) is 6.40. The van der Waals surface area contributed by atoms with Crippen LogP contribution in [0.2, 0.25) is 0 Å². The van der Waals surface area contributed by atoms with E-state index in [1.165, 1.54) is 0 Å². The minimum Gasteiger partial charge on any atom is -0.398 e. The summed E-state index contributed by atoms with van der Waals surface area (Å²) in [7, 11) is 0. The number of nitrogens with zero attached hydrogens (tertiary/aromatic N) is 1. The monoisotopic (exact) mass is 368 g/mol. The molecule has 1 saturated heterocycles. The predicted molar refractivity (Wildman–Crippen MR) is 105 cm³/mol. The summed E-state index contributed by atoms with van der Waals surface area (Å²) in [6.45, 7) is 4.68. The lowest BCUT2D eigenvalue weighted by atomic mass is 10.1. The van der Waals surface area contributed by atoms with Crippen molar-refractivity contribution in [3.63, 3.8) is 0 Å². The molecule has 0 bridgehead atoms. The average Bonchev–Trinajstić information content (AvgIpc) is 2.69. The van der Waals surface area contributed by atoms with Crippen molar-refractivity contribution in [2.24, 2.45) is 0 Å². The first-order chi connectivity index (χ1) is 13.1. The van der Waals surface area contributed by atoms with E-state index in [4.69, 9.17) is 10.5 Å². The molecule has 0 saturated carbocycles. The van der Waals surface area contributed by atoms with Crippen LogP contribution in [0.1, 0.15) is 20.7 Å². The molecule has 1 heterocycles. The van der Waals surface area contributed by atoms with Crippen molar-refractivity contribution in [1.29, 1.82) is 0 Å². The molecule has 0 atom stereocenters. The predicted octanol–water partition coefficient (Wildman–Crippen LogP) is 1.58. The lowest BCUT2D eigenvalue weighted by Gasteiger charge is -2.26. The van der Waals surface area contributed by atoms with Crippen molar-refractivity contribution in [3.8, 4) is 0 Å². The van der Waals surface area contributed by atoms with Crippen LogP contribution >= 0.6 is 0 Å². The number of hydrogen-bond acceptors (Lipinski definition) is 5. The molecule has 0 unspecified atom stereocenters. The van der Waals surface area contributed by atoms with Gasteiger partial charge in [-0.3, -0.25) is 14.5 Å². The fourth-order valence-corrected chi connectivity index (χ4v) is 2.86. The van der Waals surface area contributed by atoms with Gasteiger partial charge in [0.2, 0.25) is 0 Å². The number of amides is 2. The molecule has 1 fully saturated rings. The smallest absolute Gasteiger partial charge is 0.257 e. The van der Waals surface area contributed by atoms with Crippen LogP contribution in [0.3, 0.4) is 0 Å². The first-order valence-electron chi connectivity index (χ1n) is 8.98. The van der Waals surface area contributed by atoms with Crippen LogP contribution < -0.4 is 16.4 Å². The molecular weight excluding hydrogens is 344 g/mol. The molecule has 1 aliphatic heterocycles. The van der Waals surface area contributed by atoms with Gasteiger partial charge in [-0.1, -0.05) is 12.1 Å². The highest BCUT2D eigenvalue weighted by atomic mass is 16.5.